The highest BCUT2D eigenvalue weighted by molar-refractivity contribution is 7.92. The molecule has 6 nitrogen and oxygen atoms in total. The molecule has 142 valence electrons. The Bertz CT molecular complexity index is 1100. The molecular formula is C21H19N3O3S. The zero-order valence-corrected chi connectivity index (χ0v) is 15.9. The van der Waals surface area contributed by atoms with Crippen molar-refractivity contribution in [2.45, 2.75) is 17.7 Å². The van der Waals surface area contributed by atoms with E-state index < -0.39 is 10.0 Å². The van der Waals surface area contributed by atoms with E-state index in [9.17, 15) is 13.2 Å². The molecule has 4 rings (SSSR count). The van der Waals surface area contributed by atoms with Crippen LogP contribution in [0.5, 0.6) is 0 Å². The minimum Gasteiger partial charge on any atom is -0.308 e. The second kappa shape index (κ2) is 7.44. The number of carbonyl (C=O) groups is 1. The van der Waals surface area contributed by atoms with Crippen molar-refractivity contribution in [3.8, 4) is 0 Å². The Labute approximate surface area is 163 Å². The molecule has 2 aromatic carbocycles. The molecule has 0 spiro atoms. The summed E-state index contributed by atoms with van der Waals surface area (Å²) in [6.45, 7) is 0.597. The first kappa shape index (κ1) is 18.2. The number of amides is 1. The van der Waals surface area contributed by atoms with Gasteiger partial charge in [-0.3, -0.25) is 14.5 Å². The predicted octanol–water partition coefficient (Wildman–Crippen LogP) is 3.48. The third-order valence-corrected chi connectivity index (χ3v) is 6.03. The molecule has 28 heavy (non-hydrogen) atoms. The number of benzene rings is 2. The van der Waals surface area contributed by atoms with Gasteiger partial charge in [0.2, 0.25) is 0 Å². The fourth-order valence-electron chi connectivity index (χ4n) is 3.31. The highest BCUT2D eigenvalue weighted by Crippen LogP contribution is 2.32. The van der Waals surface area contributed by atoms with Crippen LogP contribution in [-0.2, 0) is 16.4 Å². The Balaban J connectivity index is 1.66. The highest BCUT2D eigenvalue weighted by atomic mass is 32.2. The molecule has 0 unspecified atom stereocenters. The molecule has 7 heteroatoms. The average Bonchev–Trinajstić information content (AvgIpc) is 2.74. The van der Waals surface area contributed by atoms with Gasteiger partial charge in [0.05, 0.1) is 5.69 Å². The average molecular weight is 393 g/mol. The standard InChI is InChI=1S/C21H19N3O3S/c25-21(17-6-2-1-3-7-17)24-13-5-8-16-10-11-18(14-20(16)24)23-28(26,27)19-9-4-12-22-15-19/h1-4,6-7,9-12,14-15,23H,5,8,13H2. The Morgan fingerprint density at radius 2 is 1.86 bits per heavy atom. The fourth-order valence-corrected chi connectivity index (χ4v) is 4.32. The first-order valence-electron chi connectivity index (χ1n) is 8.97. The summed E-state index contributed by atoms with van der Waals surface area (Å²) in [5.41, 5.74) is 2.79. The third-order valence-electron chi connectivity index (χ3n) is 4.67. The monoisotopic (exact) mass is 393 g/mol. The first-order valence-corrected chi connectivity index (χ1v) is 10.5. The SMILES string of the molecule is O=C(c1ccccc1)N1CCCc2ccc(NS(=O)(=O)c3cccnc3)cc21. The Morgan fingerprint density at radius 1 is 1.04 bits per heavy atom. The number of fused-ring (bicyclic) bond motifs is 1. The number of nitrogens with zero attached hydrogens (tertiary/aromatic N) is 2. The lowest BCUT2D eigenvalue weighted by Crippen LogP contribution is -2.35. The van der Waals surface area contributed by atoms with Crippen molar-refractivity contribution in [2.24, 2.45) is 0 Å². The van der Waals surface area contributed by atoms with Crippen LogP contribution in [0.25, 0.3) is 0 Å². The van der Waals surface area contributed by atoms with Crippen molar-refractivity contribution in [3.63, 3.8) is 0 Å². The van der Waals surface area contributed by atoms with Gasteiger partial charge in [0.1, 0.15) is 4.90 Å². The summed E-state index contributed by atoms with van der Waals surface area (Å²) in [7, 11) is -3.75. The van der Waals surface area contributed by atoms with Crippen LogP contribution in [0.3, 0.4) is 0 Å². The normalized spacial score (nSPS) is 13.6. The number of rotatable bonds is 4. The number of aromatic nitrogens is 1. The molecule has 1 aliphatic rings. The zero-order chi connectivity index (χ0) is 19.6. The fraction of sp³-hybridized carbons (Fsp3) is 0.143. The molecule has 1 amide bonds. The van der Waals surface area contributed by atoms with Crippen LogP contribution in [-0.4, -0.2) is 25.9 Å². The van der Waals surface area contributed by atoms with E-state index in [1.165, 1.54) is 18.5 Å². The first-order chi connectivity index (χ1) is 13.5. The maximum absolute atomic E-state index is 13.0. The number of hydrogen-bond donors (Lipinski definition) is 1. The number of nitrogens with one attached hydrogen (secondary N) is 1. The van der Waals surface area contributed by atoms with E-state index in [1.54, 1.807) is 35.2 Å². The maximum Gasteiger partial charge on any atom is 0.263 e. The van der Waals surface area contributed by atoms with E-state index in [0.29, 0.717) is 17.8 Å². The van der Waals surface area contributed by atoms with Crippen molar-refractivity contribution >= 4 is 27.3 Å². The molecular weight excluding hydrogens is 374 g/mol. The predicted molar refractivity (Wildman–Crippen MR) is 108 cm³/mol. The lowest BCUT2D eigenvalue weighted by atomic mass is 10.00. The maximum atomic E-state index is 13.0. The summed E-state index contributed by atoms with van der Waals surface area (Å²) in [6, 6.07) is 17.5. The molecule has 1 N–H and O–H groups in total. The topological polar surface area (TPSA) is 79.4 Å². The van der Waals surface area contributed by atoms with Gasteiger partial charge >= 0.3 is 0 Å². The number of carbonyl (C=O) groups excluding carboxylic acids is 1. The Morgan fingerprint density at radius 3 is 2.61 bits per heavy atom. The highest BCUT2D eigenvalue weighted by Gasteiger charge is 2.24. The second-order valence-corrected chi connectivity index (χ2v) is 8.25. The van der Waals surface area contributed by atoms with Crippen LogP contribution in [0.1, 0.15) is 22.3 Å². The molecule has 3 aromatic rings. The van der Waals surface area contributed by atoms with E-state index in [-0.39, 0.29) is 10.8 Å². The van der Waals surface area contributed by atoms with Gasteiger partial charge in [0, 0.05) is 30.2 Å². The van der Waals surface area contributed by atoms with Crippen molar-refractivity contribution in [1.82, 2.24) is 4.98 Å². The Hall–Kier alpha value is -3.19. The molecule has 2 heterocycles. The Kier molecular flexibility index (Phi) is 4.83. The van der Waals surface area contributed by atoms with Crippen LogP contribution < -0.4 is 9.62 Å². The zero-order valence-electron chi connectivity index (χ0n) is 15.1. The third kappa shape index (κ3) is 3.61. The molecule has 0 bridgehead atoms. The number of hydrogen-bond acceptors (Lipinski definition) is 4. The molecule has 0 aliphatic carbocycles. The van der Waals surface area contributed by atoms with E-state index in [4.69, 9.17) is 0 Å². The van der Waals surface area contributed by atoms with Crippen molar-refractivity contribution in [3.05, 3.63) is 84.2 Å². The molecule has 1 aromatic heterocycles. The lowest BCUT2D eigenvalue weighted by molar-refractivity contribution is 0.0985. The van der Waals surface area contributed by atoms with Crippen LogP contribution >= 0.6 is 0 Å². The number of sulfonamides is 1. The molecule has 0 fully saturated rings. The van der Waals surface area contributed by atoms with Gasteiger partial charge < -0.3 is 4.90 Å². The van der Waals surface area contributed by atoms with E-state index in [0.717, 1.165) is 24.1 Å². The minimum absolute atomic E-state index is 0.0879. The summed E-state index contributed by atoms with van der Waals surface area (Å²) in [4.78, 5) is 18.6. The van der Waals surface area contributed by atoms with Gasteiger partial charge in [0.25, 0.3) is 15.9 Å². The molecule has 1 aliphatic heterocycles. The van der Waals surface area contributed by atoms with Crippen LogP contribution in [0.15, 0.2) is 78.0 Å². The van der Waals surface area contributed by atoms with E-state index >= 15 is 0 Å². The summed E-state index contributed by atoms with van der Waals surface area (Å²) in [6.07, 6.45) is 4.53. The van der Waals surface area contributed by atoms with Gasteiger partial charge in [-0.25, -0.2) is 8.42 Å². The summed E-state index contributed by atoms with van der Waals surface area (Å²) in [5.74, 6) is -0.0891. The molecule has 0 saturated carbocycles. The number of aryl methyl sites for hydroxylation is 1. The van der Waals surface area contributed by atoms with Gasteiger partial charge in [-0.15, -0.1) is 0 Å². The van der Waals surface area contributed by atoms with Crippen LogP contribution in [0.2, 0.25) is 0 Å². The van der Waals surface area contributed by atoms with Gasteiger partial charge in [0.15, 0.2) is 0 Å². The molecule has 0 saturated heterocycles. The molecule has 0 atom stereocenters. The largest absolute Gasteiger partial charge is 0.308 e. The van der Waals surface area contributed by atoms with E-state index in [1.807, 2.05) is 24.3 Å². The number of pyridine rings is 1. The second-order valence-electron chi connectivity index (χ2n) is 6.56. The lowest BCUT2D eigenvalue weighted by Gasteiger charge is -2.30. The van der Waals surface area contributed by atoms with Gasteiger partial charge in [-0.1, -0.05) is 24.3 Å². The van der Waals surface area contributed by atoms with E-state index in [2.05, 4.69) is 9.71 Å². The van der Waals surface area contributed by atoms with Crippen molar-refractivity contribution < 1.29 is 13.2 Å². The minimum atomic E-state index is -3.75. The summed E-state index contributed by atoms with van der Waals surface area (Å²) >= 11 is 0. The van der Waals surface area contributed by atoms with Crippen LogP contribution in [0.4, 0.5) is 11.4 Å². The smallest absolute Gasteiger partial charge is 0.263 e. The van der Waals surface area contributed by atoms with Gasteiger partial charge in [-0.05, 0) is 54.8 Å². The quantitative estimate of drug-likeness (QED) is 0.736. The van der Waals surface area contributed by atoms with Gasteiger partial charge in [-0.2, -0.15) is 0 Å². The van der Waals surface area contributed by atoms with Crippen molar-refractivity contribution in [2.75, 3.05) is 16.2 Å². The number of anilines is 2. The summed E-state index contributed by atoms with van der Waals surface area (Å²) in [5, 5.41) is 0. The van der Waals surface area contributed by atoms with Crippen molar-refractivity contribution in [1.29, 1.82) is 0 Å². The molecule has 0 radical (unpaired) electrons. The van der Waals surface area contributed by atoms with Crippen LogP contribution in [0, 0.1) is 0 Å². The summed E-state index contributed by atoms with van der Waals surface area (Å²) < 4.78 is 27.7.